The Bertz CT molecular complexity index is 1090. The van der Waals surface area contributed by atoms with Crippen molar-refractivity contribution in [3.63, 3.8) is 0 Å². The number of methoxy groups -OCH3 is 1. The van der Waals surface area contributed by atoms with Crippen molar-refractivity contribution >= 4 is 26.7 Å². The first kappa shape index (κ1) is 18.7. The third kappa shape index (κ3) is 4.38. The number of nitrogens with one attached hydrogen (secondary N) is 1. The topological polar surface area (TPSA) is 81.7 Å². The Morgan fingerprint density at radius 2 is 1.67 bits per heavy atom. The average Bonchev–Trinajstić information content (AvgIpc) is 2.65. The summed E-state index contributed by atoms with van der Waals surface area (Å²) in [5.41, 5.74) is 0.477. The summed E-state index contributed by atoms with van der Waals surface area (Å²) in [5, 5.41) is 2.02. The fourth-order valence-electron chi connectivity index (χ4n) is 2.69. The largest absolute Gasteiger partial charge is 0.497 e. The van der Waals surface area contributed by atoms with Gasteiger partial charge in [0.15, 0.2) is 6.61 Å². The molecule has 0 atom stereocenters. The summed E-state index contributed by atoms with van der Waals surface area (Å²) in [5.74, 6) is 0.276. The number of hydrogen-bond acceptors (Lipinski definition) is 5. The molecule has 0 aliphatic heterocycles. The minimum Gasteiger partial charge on any atom is -0.497 e. The van der Waals surface area contributed by atoms with E-state index in [2.05, 4.69) is 0 Å². The van der Waals surface area contributed by atoms with Crippen molar-refractivity contribution in [3.8, 4) is 11.5 Å². The number of amides is 1. The maximum Gasteiger partial charge on any atom is 0.271 e. The van der Waals surface area contributed by atoms with Gasteiger partial charge in [0.2, 0.25) is 0 Å². The molecule has 0 saturated heterocycles. The molecule has 6 nitrogen and oxygen atoms in total. The molecule has 7 heteroatoms. The van der Waals surface area contributed by atoms with Crippen LogP contribution < -0.4 is 14.2 Å². The van der Waals surface area contributed by atoms with Crippen molar-refractivity contribution in [2.75, 3.05) is 13.7 Å². The second-order valence-corrected chi connectivity index (χ2v) is 7.61. The van der Waals surface area contributed by atoms with Gasteiger partial charge in [-0.1, -0.05) is 30.3 Å². The molecule has 27 heavy (non-hydrogen) atoms. The highest BCUT2D eigenvalue weighted by molar-refractivity contribution is 7.90. The Morgan fingerprint density at radius 1 is 0.963 bits per heavy atom. The van der Waals surface area contributed by atoms with E-state index >= 15 is 0 Å². The smallest absolute Gasteiger partial charge is 0.271 e. The Balaban J connectivity index is 1.67. The van der Waals surface area contributed by atoms with Gasteiger partial charge in [0.25, 0.3) is 15.9 Å². The number of aryl methyl sites for hydroxylation is 1. The highest BCUT2D eigenvalue weighted by atomic mass is 32.2. The molecule has 0 fully saturated rings. The second-order valence-electron chi connectivity index (χ2n) is 5.96. The van der Waals surface area contributed by atoms with Crippen molar-refractivity contribution in [2.45, 2.75) is 11.8 Å². The molecule has 0 saturated carbocycles. The minimum atomic E-state index is -3.99. The molecule has 0 aliphatic rings. The molecular formula is C20H19NO5S. The van der Waals surface area contributed by atoms with Crippen LogP contribution in [0.1, 0.15) is 5.56 Å². The van der Waals surface area contributed by atoms with E-state index in [1.807, 2.05) is 35.1 Å². The number of fused-ring (bicyclic) bond motifs is 1. The van der Waals surface area contributed by atoms with E-state index in [0.29, 0.717) is 17.1 Å². The van der Waals surface area contributed by atoms with Crippen molar-refractivity contribution in [1.29, 1.82) is 0 Å². The highest BCUT2D eigenvalue weighted by Crippen LogP contribution is 2.22. The van der Waals surface area contributed by atoms with E-state index in [1.54, 1.807) is 25.1 Å². The second kappa shape index (κ2) is 7.67. The zero-order chi connectivity index (χ0) is 19.4. The molecule has 0 bridgehead atoms. The van der Waals surface area contributed by atoms with E-state index in [9.17, 15) is 13.2 Å². The summed E-state index contributed by atoms with van der Waals surface area (Å²) >= 11 is 0. The van der Waals surface area contributed by atoms with Crippen LogP contribution in [0.2, 0.25) is 0 Å². The van der Waals surface area contributed by atoms with Gasteiger partial charge >= 0.3 is 0 Å². The Morgan fingerprint density at radius 3 is 2.37 bits per heavy atom. The summed E-state index contributed by atoms with van der Waals surface area (Å²) in [6, 6.07) is 17.7. The average molecular weight is 385 g/mol. The molecule has 0 heterocycles. The number of ether oxygens (including phenoxy) is 2. The third-order valence-electron chi connectivity index (χ3n) is 4.01. The van der Waals surface area contributed by atoms with E-state index < -0.39 is 22.5 Å². The molecule has 3 aromatic rings. The summed E-state index contributed by atoms with van der Waals surface area (Å²) in [6.45, 7) is 1.22. The Hall–Kier alpha value is -3.06. The van der Waals surface area contributed by atoms with Gasteiger partial charge in [-0.15, -0.1) is 0 Å². The molecule has 0 aromatic heterocycles. The first-order chi connectivity index (χ1) is 12.9. The standard InChI is InChI=1S/C20H19NO5S/c1-14-11-17(25-2)9-10-19(14)27(23,24)21-20(22)13-26-18-8-7-15-5-3-4-6-16(15)12-18/h3-12H,13H2,1-2H3,(H,21,22). The summed E-state index contributed by atoms with van der Waals surface area (Å²) < 4.78 is 37.4. The van der Waals surface area contributed by atoms with Crippen LogP contribution >= 0.6 is 0 Å². The van der Waals surface area contributed by atoms with Gasteiger partial charge < -0.3 is 9.47 Å². The summed E-state index contributed by atoms with van der Waals surface area (Å²) in [6.07, 6.45) is 0. The molecule has 0 radical (unpaired) electrons. The first-order valence-electron chi connectivity index (χ1n) is 8.21. The first-order valence-corrected chi connectivity index (χ1v) is 9.69. The minimum absolute atomic E-state index is 0.0161. The van der Waals surface area contributed by atoms with E-state index in [1.165, 1.54) is 19.2 Å². The summed E-state index contributed by atoms with van der Waals surface area (Å²) in [4.78, 5) is 12.1. The normalized spacial score (nSPS) is 11.2. The van der Waals surface area contributed by atoms with Gasteiger partial charge in [-0.3, -0.25) is 4.79 Å². The predicted molar refractivity (Wildman–Crippen MR) is 103 cm³/mol. The monoisotopic (exact) mass is 385 g/mol. The van der Waals surface area contributed by atoms with E-state index in [-0.39, 0.29) is 4.90 Å². The fraction of sp³-hybridized carbons (Fsp3) is 0.150. The van der Waals surface area contributed by atoms with Crippen molar-refractivity contribution in [2.24, 2.45) is 0 Å². The number of hydrogen-bond donors (Lipinski definition) is 1. The SMILES string of the molecule is COc1ccc(S(=O)(=O)NC(=O)COc2ccc3ccccc3c2)c(C)c1. The molecule has 0 unspecified atom stereocenters. The van der Waals surface area contributed by atoms with Crippen LogP contribution in [0, 0.1) is 6.92 Å². The van der Waals surface area contributed by atoms with Gasteiger partial charge in [-0.25, -0.2) is 13.1 Å². The molecule has 3 aromatic carbocycles. The van der Waals surface area contributed by atoms with Gasteiger partial charge in [-0.05, 0) is 53.6 Å². The van der Waals surface area contributed by atoms with Crippen molar-refractivity contribution < 1.29 is 22.7 Å². The predicted octanol–water partition coefficient (Wildman–Crippen LogP) is 3.04. The van der Waals surface area contributed by atoms with E-state index in [4.69, 9.17) is 9.47 Å². The number of sulfonamides is 1. The van der Waals surface area contributed by atoms with Crippen LogP contribution in [-0.4, -0.2) is 28.0 Å². The summed E-state index contributed by atoms with van der Waals surface area (Å²) in [7, 11) is -2.49. The van der Waals surface area contributed by atoms with Crippen LogP contribution in [0.15, 0.2) is 65.6 Å². The van der Waals surface area contributed by atoms with Crippen molar-refractivity contribution in [1.82, 2.24) is 4.72 Å². The maximum absolute atomic E-state index is 12.4. The van der Waals surface area contributed by atoms with Gasteiger partial charge in [-0.2, -0.15) is 0 Å². The Labute approximate surface area is 157 Å². The molecule has 0 aliphatic carbocycles. The lowest BCUT2D eigenvalue weighted by Gasteiger charge is -2.11. The van der Waals surface area contributed by atoms with Crippen LogP contribution in [-0.2, 0) is 14.8 Å². The lowest BCUT2D eigenvalue weighted by molar-refractivity contribution is -0.121. The molecular weight excluding hydrogens is 366 g/mol. The van der Waals surface area contributed by atoms with Crippen LogP contribution in [0.5, 0.6) is 11.5 Å². The highest BCUT2D eigenvalue weighted by Gasteiger charge is 2.20. The van der Waals surface area contributed by atoms with Crippen molar-refractivity contribution in [3.05, 3.63) is 66.2 Å². The zero-order valence-corrected chi connectivity index (χ0v) is 15.7. The van der Waals surface area contributed by atoms with Gasteiger partial charge in [0, 0.05) is 0 Å². The van der Waals surface area contributed by atoms with Gasteiger partial charge in [0.1, 0.15) is 11.5 Å². The van der Waals surface area contributed by atoms with Gasteiger partial charge in [0.05, 0.1) is 12.0 Å². The number of carbonyl (C=O) groups is 1. The molecule has 1 N–H and O–H groups in total. The van der Waals surface area contributed by atoms with Crippen LogP contribution in [0.3, 0.4) is 0 Å². The number of benzene rings is 3. The van der Waals surface area contributed by atoms with E-state index in [0.717, 1.165) is 10.8 Å². The lowest BCUT2D eigenvalue weighted by Crippen LogP contribution is -2.34. The Kier molecular flexibility index (Phi) is 5.32. The molecule has 140 valence electrons. The van der Waals surface area contributed by atoms with Crippen LogP contribution in [0.4, 0.5) is 0 Å². The number of carbonyl (C=O) groups excluding carboxylic acids is 1. The molecule has 1 amide bonds. The maximum atomic E-state index is 12.4. The van der Waals surface area contributed by atoms with Crippen LogP contribution in [0.25, 0.3) is 10.8 Å². The number of rotatable bonds is 6. The molecule has 3 rings (SSSR count). The third-order valence-corrected chi connectivity index (χ3v) is 5.54. The fourth-order valence-corrected chi connectivity index (χ4v) is 3.89. The lowest BCUT2D eigenvalue weighted by atomic mass is 10.1. The zero-order valence-electron chi connectivity index (χ0n) is 14.9. The molecule has 0 spiro atoms. The quantitative estimate of drug-likeness (QED) is 0.705.